The summed E-state index contributed by atoms with van der Waals surface area (Å²) in [7, 11) is 1.71. The molecule has 3 heterocycles. The number of rotatable bonds is 4. The van der Waals surface area contributed by atoms with Crippen LogP contribution in [0.25, 0.3) is 0 Å². The number of carbonyl (C=O) groups is 1. The number of hydrogen-bond acceptors (Lipinski definition) is 5. The number of nitrogens with one attached hydrogen (secondary N) is 1. The Bertz CT molecular complexity index is 692. The molecular weight excluding hydrogens is 296 g/mol. The van der Waals surface area contributed by atoms with Gasteiger partial charge in [0.25, 0.3) is 5.91 Å². The molecule has 0 aliphatic carbocycles. The van der Waals surface area contributed by atoms with Gasteiger partial charge in [-0.25, -0.2) is 0 Å². The van der Waals surface area contributed by atoms with Crippen molar-refractivity contribution in [2.75, 3.05) is 12.3 Å². The molecule has 1 saturated heterocycles. The topological polar surface area (TPSA) is 100.0 Å². The Morgan fingerprint density at radius 3 is 2.96 bits per heavy atom. The lowest BCUT2D eigenvalue weighted by Crippen LogP contribution is -2.42. The van der Waals surface area contributed by atoms with Crippen molar-refractivity contribution in [2.24, 2.45) is 7.05 Å². The van der Waals surface area contributed by atoms with Gasteiger partial charge in [0.05, 0.1) is 18.4 Å². The molecule has 8 nitrogen and oxygen atoms in total. The van der Waals surface area contributed by atoms with Crippen LogP contribution in [-0.2, 0) is 18.3 Å². The van der Waals surface area contributed by atoms with Crippen LogP contribution in [0.15, 0.2) is 18.6 Å². The summed E-state index contributed by atoms with van der Waals surface area (Å²) in [5.74, 6) is 0.133. The molecule has 124 valence electrons. The molecule has 0 bridgehead atoms. The molecule has 2 atom stereocenters. The first-order valence-corrected chi connectivity index (χ1v) is 7.82. The predicted octanol–water partition coefficient (Wildman–Crippen LogP) is 0.869. The summed E-state index contributed by atoms with van der Waals surface area (Å²) >= 11 is 0. The third-order valence-corrected chi connectivity index (χ3v) is 4.17. The zero-order chi connectivity index (χ0) is 16.4. The predicted molar refractivity (Wildman–Crippen MR) is 84.7 cm³/mol. The summed E-state index contributed by atoms with van der Waals surface area (Å²) in [4.78, 5) is 12.5. The highest BCUT2D eigenvalue weighted by Crippen LogP contribution is 2.28. The zero-order valence-corrected chi connectivity index (χ0v) is 13.4. The standard InChI is InChI=1S/C15H22N6O2/c1-3-21-9-10(7-18-21)13-12(5-4-6-23-13)19-15(22)11-8-17-20(2)14(11)16/h7-9,12-13H,3-6,16H2,1-2H3,(H,19,22)/t12-,13+/m0/s1. The molecule has 0 spiro atoms. The number of nitrogens with two attached hydrogens (primary N) is 1. The molecule has 0 aromatic carbocycles. The van der Waals surface area contributed by atoms with Crippen LogP contribution >= 0.6 is 0 Å². The highest BCUT2D eigenvalue weighted by molar-refractivity contribution is 5.98. The van der Waals surface area contributed by atoms with E-state index in [0.717, 1.165) is 24.9 Å². The fourth-order valence-corrected chi connectivity index (χ4v) is 2.82. The molecular formula is C15H22N6O2. The average molecular weight is 318 g/mol. The van der Waals surface area contributed by atoms with E-state index in [4.69, 9.17) is 10.5 Å². The molecule has 1 amide bonds. The zero-order valence-electron chi connectivity index (χ0n) is 13.4. The minimum absolute atomic E-state index is 0.106. The lowest BCUT2D eigenvalue weighted by atomic mass is 9.98. The Morgan fingerprint density at radius 2 is 2.30 bits per heavy atom. The maximum Gasteiger partial charge on any atom is 0.256 e. The van der Waals surface area contributed by atoms with Crippen molar-refractivity contribution in [3.63, 3.8) is 0 Å². The maximum atomic E-state index is 12.5. The van der Waals surface area contributed by atoms with Crippen LogP contribution in [0.1, 0.15) is 41.8 Å². The molecule has 1 fully saturated rings. The molecule has 1 aliphatic heterocycles. The lowest BCUT2D eigenvalue weighted by molar-refractivity contribution is -0.00949. The average Bonchev–Trinajstić information content (AvgIpc) is 3.16. The Balaban J connectivity index is 1.76. The van der Waals surface area contributed by atoms with Gasteiger partial charge in [0, 0.05) is 32.0 Å². The first-order valence-electron chi connectivity index (χ1n) is 7.82. The van der Waals surface area contributed by atoms with Crippen LogP contribution in [0.4, 0.5) is 5.82 Å². The number of ether oxygens (including phenoxy) is 1. The largest absolute Gasteiger partial charge is 0.383 e. The van der Waals surface area contributed by atoms with Crippen LogP contribution in [0, 0.1) is 0 Å². The number of carbonyl (C=O) groups excluding carboxylic acids is 1. The van der Waals surface area contributed by atoms with Gasteiger partial charge in [-0.1, -0.05) is 0 Å². The van der Waals surface area contributed by atoms with Crippen LogP contribution in [0.2, 0.25) is 0 Å². The number of hydrogen-bond donors (Lipinski definition) is 2. The molecule has 0 saturated carbocycles. The van der Waals surface area contributed by atoms with E-state index < -0.39 is 0 Å². The molecule has 8 heteroatoms. The first kappa shape index (κ1) is 15.5. The first-order chi connectivity index (χ1) is 11.1. The second-order valence-corrected chi connectivity index (χ2v) is 5.71. The van der Waals surface area contributed by atoms with E-state index in [9.17, 15) is 4.79 Å². The summed E-state index contributed by atoms with van der Waals surface area (Å²) in [6.07, 6.45) is 6.83. The number of aryl methyl sites for hydroxylation is 2. The molecule has 2 aromatic rings. The van der Waals surface area contributed by atoms with E-state index in [1.165, 1.54) is 10.9 Å². The monoisotopic (exact) mass is 318 g/mol. The Morgan fingerprint density at radius 1 is 1.48 bits per heavy atom. The molecule has 0 unspecified atom stereocenters. The second kappa shape index (κ2) is 6.41. The third-order valence-electron chi connectivity index (χ3n) is 4.17. The lowest BCUT2D eigenvalue weighted by Gasteiger charge is -2.31. The Labute approximate surface area is 134 Å². The SMILES string of the molecule is CCn1cc([C@H]2OCCC[C@@H]2NC(=O)c2cnn(C)c2N)cn1. The molecule has 3 rings (SSSR count). The number of nitrogens with zero attached hydrogens (tertiary/aromatic N) is 4. The number of nitrogen functional groups attached to an aromatic ring is 1. The third kappa shape index (κ3) is 3.07. The van der Waals surface area contributed by atoms with Crippen molar-refractivity contribution in [3.8, 4) is 0 Å². The minimum Gasteiger partial charge on any atom is -0.383 e. The normalized spacial score (nSPS) is 21.3. The minimum atomic E-state index is -0.223. The molecule has 3 N–H and O–H groups in total. The van der Waals surface area contributed by atoms with E-state index in [1.54, 1.807) is 13.2 Å². The number of aromatic nitrogens is 4. The van der Waals surface area contributed by atoms with Crippen molar-refractivity contribution < 1.29 is 9.53 Å². The van der Waals surface area contributed by atoms with Crippen LogP contribution in [0.3, 0.4) is 0 Å². The van der Waals surface area contributed by atoms with Crippen molar-refractivity contribution in [2.45, 2.75) is 38.5 Å². The van der Waals surface area contributed by atoms with Gasteiger partial charge in [0.1, 0.15) is 17.5 Å². The summed E-state index contributed by atoms with van der Waals surface area (Å²) in [6, 6.07) is -0.106. The number of amides is 1. The smallest absolute Gasteiger partial charge is 0.256 e. The number of anilines is 1. The van der Waals surface area contributed by atoms with Crippen molar-refractivity contribution >= 4 is 11.7 Å². The van der Waals surface area contributed by atoms with Gasteiger partial charge in [0.2, 0.25) is 0 Å². The van der Waals surface area contributed by atoms with E-state index >= 15 is 0 Å². The Hall–Kier alpha value is -2.35. The summed E-state index contributed by atoms with van der Waals surface area (Å²) in [6.45, 7) is 3.52. The van der Waals surface area contributed by atoms with Gasteiger partial charge in [-0.3, -0.25) is 14.2 Å². The summed E-state index contributed by atoms with van der Waals surface area (Å²) in [5.41, 5.74) is 7.24. The highest BCUT2D eigenvalue weighted by Gasteiger charge is 2.30. The molecule has 0 radical (unpaired) electrons. The molecule has 1 aliphatic rings. The maximum absolute atomic E-state index is 12.5. The molecule has 23 heavy (non-hydrogen) atoms. The van der Waals surface area contributed by atoms with E-state index in [-0.39, 0.29) is 18.1 Å². The van der Waals surface area contributed by atoms with Crippen LogP contribution in [0.5, 0.6) is 0 Å². The summed E-state index contributed by atoms with van der Waals surface area (Å²) < 4.78 is 9.22. The fraction of sp³-hybridized carbons (Fsp3) is 0.533. The van der Waals surface area contributed by atoms with Gasteiger partial charge in [-0.15, -0.1) is 0 Å². The van der Waals surface area contributed by atoms with Gasteiger partial charge in [0.15, 0.2) is 0 Å². The quantitative estimate of drug-likeness (QED) is 0.871. The van der Waals surface area contributed by atoms with Crippen LogP contribution < -0.4 is 11.1 Å². The van der Waals surface area contributed by atoms with Crippen LogP contribution in [-0.4, -0.2) is 38.1 Å². The van der Waals surface area contributed by atoms with Crippen molar-refractivity contribution in [3.05, 3.63) is 29.7 Å². The highest BCUT2D eigenvalue weighted by atomic mass is 16.5. The summed E-state index contributed by atoms with van der Waals surface area (Å²) in [5, 5.41) is 11.3. The second-order valence-electron chi connectivity index (χ2n) is 5.71. The van der Waals surface area contributed by atoms with Gasteiger partial charge < -0.3 is 15.8 Å². The molecule has 2 aromatic heterocycles. The fourth-order valence-electron chi connectivity index (χ4n) is 2.82. The van der Waals surface area contributed by atoms with Gasteiger partial charge in [-0.2, -0.15) is 10.2 Å². The van der Waals surface area contributed by atoms with E-state index in [2.05, 4.69) is 15.5 Å². The van der Waals surface area contributed by atoms with E-state index in [1.807, 2.05) is 17.8 Å². The van der Waals surface area contributed by atoms with Crippen molar-refractivity contribution in [1.29, 1.82) is 0 Å². The van der Waals surface area contributed by atoms with Gasteiger partial charge >= 0.3 is 0 Å². The van der Waals surface area contributed by atoms with Crippen molar-refractivity contribution in [1.82, 2.24) is 24.9 Å². The van der Waals surface area contributed by atoms with Gasteiger partial charge in [-0.05, 0) is 19.8 Å². The Kier molecular flexibility index (Phi) is 4.33. The van der Waals surface area contributed by atoms with E-state index in [0.29, 0.717) is 18.0 Å².